The predicted octanol–water partition coefficient (Wildman–Crippen LogP) is 3.65. The third kappa shape index (κ3) is 7.22. The normalized spacial score (nSPS) is 10.4. The third-order valence-electron chi connectivity index (χ3n) is 1.91. The molecule has 108 valence electrons. The van der Waals surface area contributed by atoms with Crippen LogP contribution >= 0.6 is 23.2 Å². The Labute approximate surface area is 128 Å². The van der Waals surface area contributed by atoms with Crippen LogP contribution < -0.4 is 5.32 Å². The Balaban J connectivity index is 2.38. The second kappa shape index (κ2) is 7.37. The molecule has 0 aliphatic carbocycles. The number of amides is 1. The van der Waals surface area contributed by atoms with E-state index in [1.807, 2.05) is 20.8 Å². The van der Waals surface area contributed by atoms with Crippen LogP contribution in [0.1, 0.15) is 32.8 Å². The number of carbonyl (C=O) groups is 1. The second-order valence-corrected chi connectivity index (χ2v) is 5.76. The van der Waals surface area contributed by atoms with Gasteiger partial charge in [-0.05, 0) is 32.9 Å². The van der Waals surface area contributed by atoms with Gasteiger partial charge in [0.15, 0.2) is 0 Å². The van der Waals surface area contributed by atoms with Crippen molar-refractivity contribution in [3.63, 3.8) is 0 Å². The molecule has 0 radical (unpaired) electrons. The molecular formula is C14H16Cl2N2O2. The van der Waals surface area contributed by atoms with E-state index in [4.69, 9.17) is 27.9 Å². The van der Waals surface area contributed by atoms with Gasteiger partial charge in [0.05, 0.1) is 0 Å². The van der Waals surface area contributed by atoms with Crippen molar-refractivity contribution in [1.29, 1.82) is 0 Å². The number of aromatic nitrogens is 1. The molecule has 4 nitrogen and oxygen atoms in total. The average molecular weight is 315 g/mol. The van der Waals surface area contributed by atoms with E-state index in [-0.39, 0.29) is 0 Å². The number of hydrogen-bond donors (Lipinski definition) is 1. The number of pyridine rings is 1. The van der Waals surface area contributed by atoms with Gasteiger partial charge in [0.2, 0.25) is 0 Å². The van der Waals surface area contributed by atoms with Crippen molar-refractivity contribution in [2.45, 2.75) is 32.8 Å². The smallest absolute Gasteiger partial charge is 0.407 e. The van der Waals surface area contributed by atoms with Gasteiger partial charge in [0.1, 0.15) is 15.9 Å². The van der Waals surface area contributed by atoms with E-state index in [0.29, 0.717) is 28.8 Å². The summed E-state index contributed by atoms with van der Waals surface area (Å²) in [6.45, 7) is 5.84. The Bertz CT molecular complexity index is 522. The van der Waals surface area contributed by atoms with Crippen molar-refractivity contribution in [2.75, 3.05) is 6.54 Å². The number of ether oxygens (including phenoxy) is 1. The molecule has 0 aromatic carbocycles. The van der Waals surface area contributed by atoms with Gasteiger partial charge in [0, 0.05) is 18.5 Å². The van der Waals surface area contributed by atoms with E-state index in [1.165, 1.54) is 0 Å². The van der Waals surface area contributed by atoms with Crippen molar-refractivity contribution in [3.8, 4) is 11.8 Å². The highest BCUT2D eigenvalue weighted by atomic mass is 35.5. The summed E-state index contributed by atoms with van der Waals surface area (Å²) in [7, 11) is 0. The number of rotatable bonds is 2. The first kappa shape index (κ1) is 16.6. The molecule has 0 unspecified atom stereocenters. The number of nitrogens with one attached hydrogen (secondary N) is 1. The Hall–Kier alpha value is -1.44. The molecule has 0 saturated carbocycles. The molecule has 0 aliphatic heterocycles. The third-order valence-corrected chi connectivity index (χ3v) is 2.30. The minimum absolute atomic E-state index is 0.300. The van der Waals surface area contributed by atoms with Gasteiger partial charge in [-0.15, -0.1) is 0 Å². The molecule has 1 heterocycles. The fourth-order valence-corrected chi connectivity index (χ4v) is 1.70. The highest BCUT2D eigenvalue weighted by Crippen LogP contribution is 2.13. The van der Waals surface area contributed by atoms with Crippen LogP contribution in [0.3, 0.4) is 0 Å². The van der Waals surface area contributed by atoms with Crippen LogP contribution in [0.5, 0.6) is 0 Å². The molecule has 0 spiro atoms. The highest BCUT2D eigenvalue weighted by molar-refractivity contribution is 6.32. The van der Waals surface area contributed by atoms with Gasteiger partial charge in [-0.2, -0.15) is 0 Å². The Morgan fingerprint density at radius 1 is 1.35 bits per heavy atom. The molecule has 0 atom stereocenters. The fourth-order valence-electron chi connectivity index (χ4n) is 1.24. The molecule has 1 aromatic heterocycles. The zero-order valence-corrected chi connectivity index (χ0v) is 13.1. The van der Waals surface area contributed by atoms with Gasteiger partial charge in [-0.25, -0.2) is 9.78 Å². The molecule has 1 aromatic rings. The van der Waals surface area contributed by atoms with Gasteiger partial charge in [-0.3, -0.25) is 0 Å². The number of alkyl carbamates (subject to hydrolysis) is 1. The summed E-state index contributed by atoms with van der Waals surface area (Å²) < 4.78 is 5.09. The van der Waals surface area contributed by atoms with E-state index in [9.17, 15) is 4.79 Å². The summed E-state index contributed by atoms with van der Waals surface area (Å²) in [5, 5.41) is 3.22. The molecule has 1 amide bonds. The summed E-state index contributed by atoms with van der Waals surface area (Å²) in [6.07, 6.45) is 0.0471. The van der Waals surface area contributed by atoms with Crippen LogP contribution in [0.2, 0.25) is 10.3 Å². The maximum atomic E-state index is 11.4. The number of carbonyl (C=O) groups excluding carboxylic acids is 1. The Morgan fingerprint density at radius 2 is 1.95 bits per heavy atom. The molecule has 0 bridgehead atoms. The molecule has 20 heavy (non-hydrogen) atoms. The quantitative estimate of drug-likeness (QED) is 0.515. The molecule has 0 fully saturated rings. The largest absolute Gasteiger partial charge is 0.444 e. The molecule has 1 N–H and O–H groups in total. The van der Waals surface area contributed by atoms with Crippen LogP contribution in [0.15, 0.2) is 12.1 Å². The minimum Gasteiger partial charge on any atom is -0.444 e. The highest BCUT2D eigenvalue weighted by Gasteiger charge is 2.15. The van der Waals surface area contributed by atoms with Crippen LogP contribution in [0, 0.1) is 11.8 Å². The second-order valence-electron chi connectivity index (χ2n) is 4.98. The fraction of sp³-hybridized carbons (Fsp3) is 0.429. The van der Waals surface area contributed by atoms with Crippen molar-refractivity contribution >= 4 is 29.3 Å². The maximum absolute atomic E-state index is 11.4. The zero-order valence-electron chi connectivity index (χ0n) is 11.6. The van der Waals surface area contributed by atoms with E-state index in [1.54, 1.807) is 12.1 Å². The molecule has 0 aliphatic rings. The van der Waals surface area contributed by atoms with Crippen LogP contribution in [0.4, 0.5) is 4.79 Å². The Kier molecular flexibility index (Phi) is 6.12. The van der Waals surface area contributed by atoms with Crippen LogP contribution in [-0.4, -0.2) is 23.2 Å². The lowest BCUT2D eigenvalue weighted by Gasteiger charge is -2.19. The monoisotopic (exact) mass is 314 g/mol. The van der Waals surface area contributed by atoms with Crippen molar-refractivity contribution in [1.82, 2.24) is 10.3 Å². The lowest BCUT2D eigenvalue weighted by atomic mass is 10.2. The summed E-state index contributed by atoms with van der Waals surface area (Å²) in [6, 6.07) is 3.25. The summed E-state index contributed by atoms with van der Waals surface area (Å²) in [5.41, 5.74) is 0.188. The SMILES string of the molecule is CC(C)(C)OC(=O)NCCC#Cc1cc(Cl)nc(Cl)c1. The van der Waals surface area contributed by atoms with E-state index < -0.39 is 11.7 Å². The lowest BCUT2D eigenvalue weighted by molar-refractivity contribution is 0.0529. The maximum Gasteiger partial charge on any atom is 0.407 e. The molecular weight excluding hydrogens is 299 g/mol. The van der Waals surface area contributed by atoms with Crippen molar-refractivity contribution in [3.05, 3.63) is 28.0 Å². The average Bonchev–Trinajstić information content (AvgIpc) is 2.24. The van der Waals surface area contributed by atoms with Gasteiger partial charge in [-0.1, -0.05) is 35.0 Å². The number of halogens is 2. The van der Waals surface area contributed by atoms with E-state index in [0.717, 1.165) is 0 Å². The van der Waals surface area contributed by atoms with E-state index >= 15 is 0 Å². The van der Waals surface area contributed by atoms with Gasteiger partial charge in [0.25, 0.3) is 0 Å². The number of hydrogen-bond acceptors (Lipinski definition) is 3. The first-order valence-electron chi connectivity index (χ1n) is 6.05. The molecule has 0 saturated heterocycles. The lowest BCUT2D eigenvalue weighted by Crippen LogP contribution is -2.32. The number of nitrogens with zero attached hydrogens (tertiary/aromatic N) is 1. The van der Waals surface area contributed by atoms with Gasteiger partial charge >= 0.3 is 6.09 Å². The molecule has 1 rings (SSSR count). The Morgan fingerprint density at radius 3 is 2.50 bits per heavy atom. The summed E-state index contributed by atoms with van der Waals surface area (Å²) in [4.78, 5) is 15.2. The van der Waals surface area contributed by atoms with Gasteiger partial charge < -0.3 is 10.1 Å². The van der Waals surface area contributed by atoms with Crippen molar-refractivity contribution < 1.29 is 9.53 Å². The zero-order chi connectivity index (χ0) is 15.2. The van der Waals surface area contributed by atoms with E-state index in [2.05, 4.69) is 22.1 Å². The standard InChI is InChI=1S/C14H16Cl2N2O2/c1-14(2,3)20-13(19)17-7-5-4-6-10-8-11(15)18-12(16)9-10/h8-9H,5,7H2,1-3H3,(H,17,19). The summed E-state index contributed by atoms with van der Waals surface area (Å²) in [5.74, 6) is 5.81. The van der Waals surface area contributed by atoms with Crippen molar-refractivity contribution in [2.24, 2.45) is 0 Å². The topological polar surface area (TPSA) is 51.2 Å². The first-order chi connectivity index (χ1) is 9.26. The van der Waals surface area contributed by atoms with Crippen LogP contribution in [-0.2, 0) is 4.74 Å². The first-order valence-corrected chi connectivity index (χ1v) is 6.81. The van der Waals surface area contributed by atoms with Crippen LogP contribution in [0.25, 0.3) is 0 Å². The molecule has 6 heteroatoms. The summed E-state index contributed by atoms with van der Waals surface area (Å²) >= 11 is 11.5. The predicted molar refractivity (Wildman–Crippen MR) is 80.0 cm³/mol. The minimum atomic E-state index is -0.500.